The van der Waals surface area contributed by atoms with E-state index in [1.54, 1.807) is 29.8 Å². The molecule has 4 amide bonds. The molecule has 0 spiro atoms. The third kappa shape index (κ3) is 7.71. The SMILES string of the molecule is COC(=O)N[C@H](C(=O)N1[C@@H](C)CC[C@H]1c1ncc(-c2ccc3c(c2)COc2cc4c(ccc5[nH]c([C@@H]6CC(C)CN6C(=O)[C@@H](NC(=O)O)[C@@H](C)OC)nc54)cc2-3)[nH]1)[C@@H](C)OC. The first kappa shape index (κ1) is 41.5. The summed E-state index contributed by atoms with van der Waals surface area (Å²) >= 11 is 0. The lowest BCUT2D eigenvalue weighted by molar-refractivity contribution is -0.139. The van der Waals surface area contributed by atoms with Crippen molar-refractivity contribution < 1.29 is 43.2 Å². The maximum Gasteiger partial charge on any atom is 0.407 e. The Morgan fingerprint density at radius 3 is 2.36 bits per heavy atom. The Balaban J connectivity index is 1.05. The number of fused-ring (bicyclic) bond motifs is 6. The van der Waals surface area contributed by atoms with Crippen LogP contribution in [0.4, 0.5) is 9.59 Å². The average molecular weight is 837 g/mol. The zero-order valence-corrected chi connectivity index (χ0v) is 35.3. The van der Waals surface area contributed by atoms with Crippen molar-refractivity contribution in [3.05, 3.63) is 65.9 Å². The van der Waals surface area contributed by atoms with Gasteiger partial charge in [0.2, 0.25) is 11.8 Å². The van der Waals surface area contributed by atoms with Gasteiger partial charge in [-0.1, -0.05) is 25.1 Å². The van der Waals surface area contributed by atoms with Gasteiger partial charge in [0.1, 0.15) is 36.1 Å². The predicted octanol–water partition coefficient (Wildman–Crippen LogP) is 6.06. The molecule has 2 aromatic heterocycles. The molecule has 3 aliphatic heterocycles. The van der Waals surface area contributed by atoms with Crippen molar-refractivity contribution in [2.24, 2.45) is 5.92 Å². The summed E-state index contributed by atoms with van der Waals surface area (Å²) in [5.74, 6) is 1.60. The van der Waals surface area contributed by atoms with E-state index in [1.807, 2.05) is 25.1 Å². The second-order valence-corrected chi connectivity index (χ2v) is 16.5. The third-order valence-corrected chi connectivity index (χ3v) is 12.6. The number of methoxy groups -OCH3 is 3. The molecule has 0 saturated carbocycles. The molecule has 17 nitrogen and oxygen atoms in total. The van der Waals surface area contributed by atoms with Crippen LogP contribution < -0.4 is 15.4 Å². The van der Waals surface area contributed by atoms with E-state index in [2.05, 4.69) is 51.8 Å². The number of benzene rings is 3. The Labute approximate surface area is 352 Å². The first-order valence-corrected chi connectivity index (χ1v) is 20.6. The average Bonchev–Trinajstić information content (AvgIpc) is 4.08. The Morgan fingerprint density at radius 2 is 1.64 bits per heavy atom. The number of aromatic nitrogens is 4. The molecule has 5 N–H and O–H groups in total. The summed E-state index contributed by atoms with van der Waals surface area (Å²) in [6, 6.07) is 11.7. The van der Waals surface area contributed by atoms with Crippen LogP contribution in [0.3, 0.4) is 0 Å². The minimum absolute atomic E-state index is 0.0783. The first-order chi connectivity index (χ1) is 29.3. The second kappa shape index (κ2) is 16.7. The fourth-order valence-corrected chi connectivity index (χ4v) is 9.15. The molecule has 0 bridgehead atoms. The number of imidazole rings is 2. The normalized spacial score (nSPS) is 21.6. The Kier molecular flexibility index (Phi) is 11.4. The van der Waals surface area contributed by atoms with Crippen LogP contribution in [0.5, 0.6) is 5.75 Å². The summed E-state index contributed by atoms with van der Waals surface area (Å²) in [6.45, 7) is 8.27. The van der Waals surface area contributed by atoms with Crippen molar-refractivity contribution in [1.82, 2.24) is 40.4 Å². The third-order valence-electron chi connectivity index (χ3n) is 12.6. The number of aromatic amines is 2. The summed E-state index contributed by atoms with van der Waals surface area (Å²) in [7, 11) is 4.20. The first-order valence-electron chi connectivity index (χ1n) is 20.6. The highest BCUT2D eigenvalue weighted by atomic mass is 16.5. The van der Waals surface area contributed by atoms with Gasteiger partial charge in [-0.15, -0.1) is 0 Å². The van der Waals surface area contributed by atoms with Gasteiger partial charge in [0.15, 0.2) is 0 Å². The number of carboxylic acid groups (broad SMARTS) is 1. The lowest BCUT2D eigenvalue weighted by Crippen LogP contribution is -2.55. The number of nitrogens with zero attached hydrogens (tertiary/aromatic N) is 4. The molecule has 2 saturated heterocycles. The van der Waals surface area contributed by atoms with Gasteiger partial charge < -0.3 is 54.5 Å². The largest absolute Gasteiger partial charge is 0.488 e. The summed E-state index contributed by atoms with van der Waals surface area (Å²) in [4.78, 5) is 71.7. The van der Waals surface area contributed by atoms with Crippen LogP contribution >= 0.6 is 0 Å². The highest BCUT2D eigenvalue weighted by molar-refractivity contribution is 6.07. The lowest BCUT2D eigenvalue weighted by atomic mass is 9.92. The van der Waals surface area contributed by atoms with Crippen molar-refractivity contribution in [3.63, 3.8) is 0 Å². The smallest absolute Gasteiger partial charge is 0.407 e. The van der Waals surface area contributed by atoms with E-state index in [0.29, 0.717) is 37.6 Å². The van der Waals surface area contributed by atoms with Crippen LogP contribution in [0.25, 0.3) is 44.2 Å². The molecule has 0 aliphatic carbocycles. The van der Waals surface area contributed by atoms with Crippen molar-refractivity contribution in [3.8, 4) is 28.1 Å². The standard InChI is InChI=1S/C44H52N8O9/c1-21-14-34(51(19-21)41(53)36(23(3)58-5)49-43(55)56)40-46-31-12-10-25-16-30-28-11-9-26(15-27(28)20-61-35(30)17-29(25)38(31)48-40)32-18-45-39(47-32)33-13-8-22(2)52(33)42(54)37(24(4)59-6)50-44(57)60-7/h9-12,15-18,21-24,33-34,36-37,49H,8,13-14,19-20H2,1-7H3,(H,45,47)(H,46,48)(H,50,57)(H,55,56)/t21?,22-,23+,24+,33-,34-,36-,37-/m0/s1. The molecular formula is C44H52N8O9. The number of hydrogen-bond acceptors (Lipinski definition) is 10. The van der Waals surface area contributed by atoms with Crippen LogP contribution in [0.15, 0.2) is 48.7 Å². The van der Waals surface area contributed by atoms with Gasteiger partial charge in [-0.3, -0.25) is 9.59 Å². The fraction of sp³-hybridized carbons (Fsp3) is 0.455. The van der Waals surface area contributed by atoms with E-state index in [-0.39, 0.29) is 35.9 Å². The quantitative estimate of drug-likeness (QED) is 0.103. The number of H-pyrrole nitrogens is 2. The van der Waals surface area contributed by atoms with E-state index in [4.69, 9.17) is 28.9 Å². The van der Waals surface area contributed by atoms with Crippen LogP contribution in [0.2, 0.25) is 0 Å². The number of carbonyl (C=O) groups excluding carboxylic acids is 3. The molecule has 17 heteroatoms. The zero-order valence-electron chi connectivity index (χ0n) is 35.3. The predicted molar refractivity (Wildman–Crippen MR) is 225 cm³/mol. The number of carbonyl (C=O) groups is 4. The van der Waals surface area contributed by atoms with Gasteiger partial charge in [0, 0.05) is 37.8 Å². The zero-order chi connectivity index (χ0) is 43.3. The van der Waals surface area contributed by atoms with Gasteiger partial charge in [0.25, 0.3) is 0 Å². The molecule has 8 rings (SSSR count). The molecule has 1 unspecified atom stereocenters. The highest BCUT2D eigenvalue weighted by Crippen LogP contribution is 2.44. The van der Waals surface area contributed by atoms with Gasteiger partial charge >= 0.3 is 12.2 Å². The van der Waals surface area contributed by atoms with Crippen molar-refractivity contribution in [2.45, 2.75) is 96.0 Å². The summed E-state index contributed by atoms with van der Waals surface area (Å²) < 4.78 is 22.0. The number of likely N-dealkylation sites (tertiary alicyclic amines) is 2. The molecule has 3 aromatic carbocycles. The van der Waals surface area contributed by atoms with Crippen LogP contribution in [0, 0.1) is 5.92 Å². The molecule has 61 heavy (non-hydrogen) atoms. The molecule has 8 atom stereocenters. The van der Waals surface area contributed by atoms with E-state index in [9.17, 15) is 24.3 Å². The monoisotopic (exact) mass is 836 g/mol. The van der Waals surface area contributed by atoms with Crippen molar-refractivity contribution in [1.29, 1.82) is 0 Å². The van der Waals surface area contributed by atoms with Crippen molar-refractivity contribution in [2.75, 3.05) is 27.9 Å². The van der Waals surface area contributed by atoms with E-state index in [1.165, 1.54) is 21.3 Å². The Hall–Kier alpha value is -6.20. The maximum atomic E-state index is 13.9. The molecule has 0 radical (unpaired) electrons. The van der Waals surface area contributed by atoms with Crippen LogP contribution in [-0.2, 0) is 30.4 Å². The van der Waals surface area contributed by atoms with Gasteiger partial charge in [-0.2, -0.15) is 0 Å². The number of alkyl carbamates (subject to hydrolysis) is 1. The lowest BCUT2D eigenvalue weighted by Gasteiger charge is -2.33. The Morgan fingerprint density at radius 1 is 0.885 bits per heavy atom. The number of amides is 4. The molecule has 5 aromatic rings. The highest BCUT2D eigenvalue weighted by Gasteiger charge is 2.43. The maximum absolute atomic E-state index is 13.9. The number of ether oxygens (including phenoxy) is 4. The van der Waals surface area contributed by atoms with E-state index in [0.717, 1.165) is 61.9 Å². The van der Waals surface area contributed by atoms with Crippen LogP contribution in [0.1, 0.15) is 76.3 Å². The summed E-state index contributed by atoms with van der Waals surface area (Å²) in [5, 5.41) is 16.3. The van der Waals surface area contributed by atoms with Gasteiger partial charge in [-0.05, 0) is 92.3 Å². The summed E-state index contributed by atoms with van der Waals surface area (Å²) in [6.07, 6.45) is 0.689. The van der Waals surface area contributed by atoms with E-state index >= 15 is 0 Å². The minimum Gasteiger partial charge on any atom is -0.488 e. The number of hydrogen-bond donors (Lipinski definition) is 5. The molecule has 3 aliphatic rings. The molecule has 2 fully saturated rings. The Bertz CT molecular complexity index is 2500. The second-order valence-electron chi connectivity index (χ2n) is 16.5. The van der Waals surface area contributed by atoms with Gasteiger partial charge in [-0.25, -0.2) is 19.6 Å². The molecular weight excluding hydrogens is 785 g/mol. The molecule has 322 valence electrons. The number of nitrogens with one attached hydrogen (secondary N) is 4. The van der Waals surface area contributed by atoms with E-state index < -0.39 is 36.5 Å². The summed E-state index contributed by atoms with van der Waals surface area (Å²) in [5.41, 5.74) is 6.33. The molecule has 5 heterocycles. The fourth-order valence-electron chi connectivity index (χ4n) is 9.15. The minimum atomic E-state index is -1.29. The van der Waals surface area contributed by atoms with Crippen LogP contribution in [-0.4, -0.2) is 117 Å². The number of rotatable bonds is 11. The topological polar surface area (TPSA) is 213 Å². The van der Waals surface area contributed by atoms with Gasteiger partial charge in [0.05, 0.1) is 54.3 Å². The van der Waals surface area contributed by atoms with Crippen molar-refractivity contribution >= 4 is 45.8 Å².